The summed E-state index contributed by atoms with van der Waals surface area (Å²) in [4.78, 5) is 30.1. The van der Waals surface area contributed by atoms with Crippen LogP contribution in [-0.4, -0.2) is 41.9 Å². The zero-order valence-electron chi connectivity index (χ0n) is 15.1. The van der Waals surface area contributed by atoms with Gasteiger partial charge < -0.3 is 15.4 Å². The van der Waals surface area contributed by atoms with Gasteiger partial charge in [0.2, 0.25) is 11.8 Å². The van der Waals surface area contributed by atoms with Crippen LogP contribution >= 0.6 is 0 Å². The summed E-state index contributed by atoms with van der Waals surface area (Å²) in [5.74, 6) is -0.0699. The number of carbonyl (C=O) groups excluding carboxylic acids is 2. The Morgan fingerprint density at radius 3 is 2.62 bits per heavy atom. The van der Waals surface area contributed by atoms with E-state index in [1.165, 1.54) is 0 Å². The molecule has 1 atom stereocenters. The molecule has 6 heteroatoms. The fourth-order valence-corrected chi connectivity index (χ4v) is 3.31. The molecule has 2 heterocycles. The van der Waals surface area contributed by atoms with Crippen molar-refractivity contribution in [1.82, 2.24) is 9.88 Å². The number of piperidine rings is 1. The molecule has 0 saturated carbocycles. The van der Waals surface area contributed by atoms with E-state index in [-0.39, 0.29) is 17.7 Å². The average Bonchev–Trinajstić information content (AvgIpc) is 2.67. The van der Waals surface area contributed by atoms with E-state index in [0.717, 1.165) is 29.5 Å². The van der Waals surface area contributed by atoms with Crippen molar-refractivity contribution >= 4 is 11.8 Å². The highest BCUT2D eigenvalue weighted by atomic mass is 16.5. The second-order valence-electron chi connectivity index (χ2n) is 6.61. The number of benzene rings is 1. The lowest BCUT2D eigenvalue weighted by atomic mass is 9.96. The number of hydrogen-bond acceptors (Lipinski definition) is 4. The predicted octanol–water partition coefficient (Wildman–Crippen LogP) is 2.40. The summed E-state index contributed by atoms with van der Waals surface area (Å²) in [6.07, 6.45) is 3.32. The van der Waals surface area contributed by atoms with E-state index in [2.05, 4.69) is 4.98 Å². The van der Waals surface area contributed by atoms with Crippen LogP contribution in [0.3, 0.4) is 0 Å². The molecule has 1 aliphatic heterocycles. The van der Waals surface area contributed by atoms with Gasteiger partial charge in [0.05, 0.1) is 13.0 Å². The van der Waals surface area contributed by atoms with Gasteiger partial charge in [-0.15, -0.1) is 0 Å². The molecule has 1 saturated heterocycles. The van der Waals surface area contributed by atoms with Crippen LogP contribution in [0.2, 0.25) is 0 Å². The van der Waals surface area contributed by atoms with E-state index in [1.54, 1.807) is 18.2 Å². The molecule has 2 amide bonds. The highest BCUT2D eigenvalue weighted by molar-refractivity contribution is 5.95. The number of aromatic nitrogens is 1. The molecule has 1 aromatic heterocycles. The van der Waals surface area contributed by atoms with Crippen molar-refractivity contribution in [2.45, 2.75) is 19.8 Å². The number of nitrogens with two attached hydrogens (primary N) is 1. The zero-order chi connectivity index (χ0) is 18.7. The second kappa shape index (κ2) is 7.56. The molecule has 1 fully saturated rings. The minimum absolute atomic E-state index is 0.0629. The van der Waals surface area contributed by atoms with Gasteiger partial charge in [0, 0.05) is 36.5 Å². The minimum atomic E-state index is -0.333. The van der Waals surface area contributed by atoms with Gasteiger partial charge >= 0.3 is 0 Å². The van der Waals surface area contributed by atoms with Crippen molar-refractivity contribution in [1.29, 1.82) is 0 Å². The lowest BCUT2D eigenvalue weighted by Gasteiger charge is -2.31. The smallest absolute Gasteiger partial charge is 0.253 e. The summed E-state index contributed by atoms with van der Waals surface area (Å²) < 4.78 is 5.13. The van der Waals surface area contributed by atoms with E-state index < -0.39 is 0 Å². The number of carbonyl (C=O) groups is 2. The third-order valence-corrected chi connectivity index (χ3v) is 4.85. The average molecular weight is 353 g/mol. The number of hydrogen-bond donors (Lipinski definition) is 1. The first-order valence-electron chi connectivity index (χ1n) is 8.69. The van der Waals surface area contributed by atoms with Crippen LogP contribution in [0.1, 0.15) is 28.8 Å². The number of primary amides is 1. The van der Waals surface area contributed by atoms with Crippen LogP contribution < -0.4 is 10.5 Å². The standard InChI is InChI=1S/C20H23N3O3/c1-13-10-18(26-2)22-11-17(13)14-5-7-15(8-6-14)20(25)23-9-3-4-16(12-23)19(21)24/h5-8,10-11,16H,3-4,9,12H2,1-2H3,(H2,21,24)/t16-/m0/s1. The first-order valence-corrected chi connectivity index (χ1v) is 8.69. The summed E-state index contributed by atoms with van der Waals surface area (Å²) in [7, 11) is 1.59. The van der Waals surface area contributed by atoms with Crippen molar-refractivity contribution < 1.29 is 14.3 Å². The first kappa shape index (κ1) is 17.9. The molecule has 1 aliphatic rings. The number of nitrogens with zero attached hydrogens (tertiary/aromatic N) is 2. The SMILES string of the molecule is COc1cc(C)c(-c2ccc(C(=O)N3CCC[C@H](C(N)=O)C3)cc2)cn1. The van der Waals surface area contributed by atoms with Gasteiger partial charge in [-0.1, -0.05) is 12.1 Å². The lowest BCUT2D eigenvalue weighted by molar-refractivity contribution is -0.123. The molecule has 136 valence electrons. The number of likely N-dealkylation sites (tertiary alicyclic amines) is 1. The normalized spacial score (nSPS) is 17.0. The van der Waals surface area contributed by atoms with Crippen molar-refractivity contribution in [3.8, 4) is 17.0 Å². The van der Waals surface area contributed by atoms with Crippen LogP contribution in [0.5, 0.6) is 5.88 Å². The maximum atomic E-state index is 12.7. The van der Waals surface area contributed by atoms with Crippen LogP contribution in [0.25, 0.3) is 11.1 Å². The molecule has 1 aromatic carbocycles. The summed E-state index contributed by atoms with van der Waals surface area (Å²) >= 11 is 0. The largest absolute Gasteiger partial charge is 0.481 e. The van der Waals surface area contributed by atoms with Crippen LogP contribution in [0.15, 0.2) is 36.5 Å². The Bertz CT molecular complexity index is 818. The molecule has 0 unspecified atom stereocenters. The maximum absolute atomic E-state index is 12.7. The topological polar surface area (TPSA) is 85.5 Å². The van der Waals surface area contributed by atoms with Crippen LogP contribution in [0.4, 0.5) is 0 Å². The molecule has 0 aliphatic carbocycles. The molecule has 2 N–H and O–H groups in total. The summed E-state index contributed by atoms with van der Waals surface area (Å²) in [5.41, 5.74) is 9.04. The Kier molecular flexibility index (Phi) is 5.21. The number of aryl methyl sites for hydroxylation is 1. The number of methoxy groups -OCH3 is 1. The monoisotopic (exact) mass is 353 g/mol. The zero-order valence-corrected chi connectivity index (χ0v) is 15.1. The van der Waals surface area contributed by atoms with Gasteiger partial charge in [0.25, 0.3) is 5.91 Å². The third kappa shape index (κ3) is 3.69. The van der Waals surface area contributed by atoms with Crippen molar-refractivity contribution in [3.05, 3.63) is 47.7 Å². The molecular weight excluding hydrogens is 330 g/mol. The summed E-state index contributed by atoms with van der Waals surface area (Å²) in [6.45, 7) is 3.06. The highest BCUT2D eigenvalue weighted by Crippen LogP contribution is 2.26. The Morgan fingerprint density at radius 2 is 2.00 bits per heavy atom. The van der Waals surface area contributed by atoms with Crippen molar-refractivity contribution in [3.63, 3.8) is 0 Å². The molecule has 26 heavy (non-hydrogen) atoms. The fraction of sp³-hybridized carbons (Fsp3) is 0.350. The Morgan fingerprint density at radius 1 is 1.27 bits per heavy atom. The van der Waals surface area contributed by atoms with E-state index >= 15 is 0 Å². The molecule has 0 radical (unpaired) electrons. The van der Waals surface area contributed by atoms with E-state index in [4.69, 9.17) is 10.5 Å². The van der Waals surface area contributed by atoms with Gasteiger partial charge in [0.1, 0.15) is 0 Å². The van der Waals surface area contributed by atoms with E-state index in [1.807, 2.05) is 37.3 Å². The number of rotatable bonds is 4. The van der Waals surface area contributed by atoms with Gasteiger partial charge in [0.15, 0.2) is 0 Å². The predicted molar refractivity (Wildman–Crippen MR) is 98.8 cm³/mol. The van der Waals surface area contributed by atoms with Crippen LogP contribution in [0, 0.1) is 12.8 Å². The van der Waals surface area contributed by atoms with Gasteiger partial charge in [-0.2, -0.15) is 0 Å². The van der Waals surface area contributed by atoms with E-state index in [9.17, 15) is 9.59 Å². The molecule has 2 aromatic rings. The fourth-order valence-electron chi connectivity index (χ4n) is 3.31. The molecular formula is C20H23N3O3. The van der Waals surface area contributed by atoms with Gasteiger partial charge in [-0.05, 0) is 43.0 Å². The van der Waals surface area contributed by atoms with Crippen LogP contribution in [-0.2, 0) is 4.79 Å². The number of amides is 2. The second-order valence-corrected chi connectivity index (χ2v) is 6.61. The van der Waals surface area contributed by atoms with Crippen molar-refractivity contribution in [2.24, 2.45) is 11.7 Å². The molecule has 0 spiro atoms. The molecule has 6 nitrogen and oxygen atoms in total. The summed E-state index contributed by atoms with van der Waals surface area (Å²) in [6, 6.07) is 9.34. The van der Waals surface area contributed by atoms with Crippen molar-refractivity contribution in [2.75, 3.05) is 20.2 Å². The number of pyridine rings is 1. The number of ether oxygens (including phenoxy) is 1. The highest BCUT2D eigenvalue weighted by Gasteiger charge is 2.27. The summed E-state index contributed by atoms with van der Waals surface area (Å²) in [5, 5.41) is 0. The first-order chi connectivity index (χ1) is 12.5. The van der Waals surface area contributed by atoms with Gasteiger partial charge in [-0.25, -0.2) is 4.98 Å². The van der Waals surface area contributed by atoms with E-state index in [0.29, 0.717) is 24.5 Å². The Hall–Kier alpha value is -2.89. The lowest BCUT2D eigenvalue weighted by Crippen LogP contribution is -2.44. The third-order valence-electron chi connectivity index (χ3n) is 4.85. The molecule has 0 bridgehead atoms. The van der Waals surface area contributed by atoms with Gasteiger partial charge in [-0.3, -0.25) is 9.59 Å². The Balaban J connectivity index is 1.77. The molecule has 3 rings (SSSR count). The maximum Gasteiger partial charge on any atom is 0.253 e. The Labute approximate surface area is 153 Å². The quantitative estimate of drug-likeness (QED) is 0.914. The minimum Gasteiger partial charge on any atom is -0.481 e.